The molecule has 2 rings (SSSR count). The summed E-state index contributed by atoms with van der Waals surface area (Å²) in [5.74, 6) is -0.304. The van der Waals surface area contributed by atoms with Crippen molar-refractivity contribution in [3.05, 3.63) is 12.2 Å². The third-order valence-electron chi connectivity index (χ3n) is 3.55. The minimum atomic E-state index is -0.975. The van der Waals surface area contributed by atoms with Crippen LogP contribution in [0.2, 0.25) is 0 Å². The summed E-state index contributed by atoms with van der Waals surface area (Å²) in [7, 11) is 0. The predicted octanol–water partition coefficient (Wildman–Crippen LogP) is 2.16. The lowest BCUT2D eigenvalue weighted by molar-refractivity contribution is -0.159. The smallest absolute Gasteiger partial charge is 0.408 e. The summed E-state index contributed by atoms with van der Waals surface area (Å²) < 4.78 is 10.4. The Kier molecular flexibility index (Phi) is 3.32. The lowest BCUT2D eigenvalue weighted by Gasteiger charge is -2.37. The summed E-state index contributed by atoms with van der Waals surface area (Å²) in [6.45, 7) is 9.71. The van der Waals surface area contributed by atoms with E-state index in [1.807, 2.05) is 0 Å². The molecule has 0 aromatic carbocycles. The normalized spacial score (nSPS) is 30.6. The number of ether oxygens (including phenoxy) is 2. The van der Waals surface area contributed by atoms with E-state index in [-0.39, 0.29) is 11.9 Å². The van der Waals surface area contributed by atoms with Gasteiger partial charge in [-0.1, -0.05) is 12.2 Å². The molecule has 1 N–H and O–H groups in total. The number of carbonyl (C=O) groups excluding carboxylic acids is 2. The molecule has 1 aliphatic heterocycles. The highest BCUT2D eigenvalue weighted by Gasteiger charge is 2.55. The summed E-state index contributed by atoms with van der Waals surface area (Å²) in [6.07, 6.45) is 1.37. The van der Waals surface area contributed by atoms with E-state index in [1.165, 1.54) is 0 Å². The molecule has 0 spiro atoms. The maximum atomic E-state index is 12.1. The Morgan fingerprint density at radius 3 is 2.84 bits per heavy atom. The Morgan fingerprint density at radius 1 is 1.53 bits per heavy atom. The van der Waals surface area contributed by atoms with Crippen LogP contribution in [-0.4, -0.2) is 29.8 Å². The van der Waals surface area contributed by atoms with Crippen molar-refractivity contribution < 1.29 is 19.1 Å². The fraction of sp³-hybridized carbons (Fsp3) is 0.714. The van der Waals surface area contributed by atoms with E-state index in [4.69, 9.17) is 9.47 Å². The first-order valence-electron chi connectivity index (χ1n) is 6.58. The maximum Gasteiger partial charge on any atom is 0.408 e. The number of carbonyl (C=O) groups is 2. The van der Waals surface area contributed by atoms with Crippen LogP contribution in [0.5, 0.6) is 0 Å². The second-order valence-electron chi connectivity index (χ2n) is 6.35. The molecular weight excluding hydrogens is 246 g/mol. The van der Waals surface area contributed by atoms with Gasteiger partial charge >= 0.3 is 12.1 Å². The number of hydrogen-bond acceptors (Lipinski definition) is 4. The molecule has 2 unspecified atom stereocenters. The first-order valence-corrected chi connectivity index (χ1v) is 6.58. The third-order valence-corrected chi connectivity index (χ3v) is 3.55. The van der Waals surface area contributed by atoms with Crippen LogP contribution in [0.25, 0.3) is 0 Å². The van der Waals surface area contributed by atoms with Crippen molar-refractivity contribution in [3.8, 4) is 0 Å². The average Bonchev–Trinajstić information content (AvgIpc) is 2.53. The largest absolute Gasteiger partial charge is 0.464 e. The van der Waals surface area contributed by atoms with E-state index in [1.54, 1.807) is 20.8 Å². The van der Waals surface area contributed by atoms with Crippen molar-refractivity contribution in [2.45, 2.75) is 51.2 Å². The molecule has 1 saturated carbocycles. The van der Waals surface area contributed by atoms with E-state index < -0.39 is 17.2 Å². The number of fused-ring (bicyclic) bond motifs is 1. The van der Waals surface area contributed by atoms with Gasteiger partial charge in [0.15, 0.2) is 0 Å². The number of nitrogens with one attached hydrogen (secondary N) is 1. The van der Waals surface area contributed by atoms with Crippen molar-refractivity contribution >= 4 is 12.1 Å². The standard InChI is InChI=1S/C14H21NO4/c1-9-7-10-5-6-18-11(16)14(10,8-9)15-12(17)19-13(2,3)4/h10H,1,5-8H2,2-4H3,(H,15,17). The molecule has 5 nitrogen and oxygen atoms in total. The number of cyclic esters (lactones) is 1. The van der Waals surface area contributed by atoms with Gasteiger partial charge in [-0.3, -0.25) is 0 Å². The van der Waals surface area contributed by atoms with Gasteiger partial charge in [0.2, 0.25) is 0 Å². The molecule has 19 heavy (non-hydrogen) atoms. The molecule has 2 fully saturated rings. The molecular formula is C14H21NO4. The molecule has 5 heteroatoms. The van der Waals surface area contributed by atoms with Gasteiger partial charge in [-0.05, 0) is 33.6 Å². The van der Waals surface area contributed by atoms with Gasteiger partial charge in [0.1, 0.15) is 11.1 Å². The minimum absolute atomic E-state index is 0.0637. The fourth-order valence-corrected chi connectivity index (χ4v) is 2.83. The van der Waals surface area contributed by atoms with Crippen molar-refractivity contribution in [1.29, 1.82) is 0 Å². The van der Waals surface area contributed by atoms with Crippen LogP contribution in [0.15, 0.2) is 12.2 Å². The van der Waals surface area contributed by atoms with Gasteiger partial charge in [-0.2, -0.15) is 0 Å². The lowest BCUT2D eigenvalue weighted by atomic mass is 9.83. The van der Waals surface area contributed by atoms with Crippen LogP contribution in [0, 0.1) is 5.92 Å². The first-order chi connectivity index (χ1) is 8.73. The SMILES string of the molecule is C=C1CC2CCOC(=O)C2(NC(=O)OC(C)(C)C)C1. The number of hydrogen-bond donors (Lipinski definition) is 1. The molecule has 106 valence electrons. The van der Waals surface area contributed by atoms with Crippen molar-refractivity contribution in [2.24, 2.45) is 5.92 Å². The van der Waals surface area contributed by atoms with Crippen LogP contribution in [-0.2, 0) is 14.3 Å². The van der Waals surface area contributed by atoms with Gasteiger partial charge in [0.05, 0.1) is 6.61 Å². The topological polar surface area (TPSA) is 64.6 Å². The van der Waals surface area contributed by atoms with Gasteiger partial charge in [-0.15, -0.1) is 0 Å². The molecule has 2 aliphatic rings. The molecule has 1 aliphatic carbocycles. The van der Waals surface area contributed by atoms with Gasteiger partial charge in [0, 0.05) is 12.3 Å². The number of esters is 1. The average molecular weight is 267 g/mol. The lowest BCUT2D eigenvalue weighted by Crippen LogP contribution is -2.60. The van der Waals surface area contributed by atoms with Crippen LogP contribution in [0.1, 0.15) is 40.0 Å². The first kappa shape index (κ1) is 13.9. The number of alkyl carbamates (subject to hydrolysis) is 1. The zero-order valence-electron chi connectivity index (χ0n) is 11.7. The monoisotopic (exact) mass is 267 g/mol. The summed E-state index contributed by atoms with van der Waals surface area (Å²) in [4.78, 5) is 24.1. The Bertz CT molecular complexity index is 424. The molecule has 1 heterocycles. The minimum Gasteiger partial charge on any atom is -0.464 e. The number of rotatable bonds is 1. The van der Waals surface area contributed by atoms with Gasteiger partial charge in [0.25, 0.3) is 0 Å². The quantitative estimate of drug-likeness (QED) is 0.584. The van der Waals surface area contributed by atoms with Crippen molar-refractivity contribution in [2.75, 3.05) is 6.61 Å². The third kappa shape index (κ3) is 2.74. The van der Waals surface area contributed by atoms with Crippen LogP contribution >= 0.6 is 0 Å². The Morgan fingerprint density at radius 2 is 2.21 bits per heavy atom. The molecule has 2 atom stereocenters. The van der Waals surface area contributed by atoms with Gasteiger partial charge < -0.3 is 14.8 Å². The van der Waals surface area contributed by atoms with E-state index in [0.717, 1.165) is 18.4 Å². The predicted molar refractivity (Wildman–Crippen MR) is 69.5 cm³/mol. The Hall–Kier alpha value is -1.52. The maximum absolute atomic E-state index is 12.1. The molecule has 1 amide bonds. The van der Waals surface area contributed by atoms with Crippen LogP contribution in [0.4, 0.5) is 4.79 Å². The molecule has 0 radical (unpaired) electrons. The summed E-state index contributed by atoms with van der Waals surface area (Å²) in [6, 6.07) is 0. The van der Waals surface area contributed by atoms with E-state index >= 15 is 0 Å². The second-order valence-corrected chi connectivity index (χ2v) is 6.35. The zero-order valence-corrected chi connectivity index (χ0v) is 11.7. The van der Waals surface area contributed by atoms with E-state index in [9.17, 15) is 9.59 Å². The highest BCUT2D eigenvalue weighted by molar-refractivity contribution is 5.88. The van der Waals surface area contributed by atoms with Crippen molar-refractivity contribution in [3.63, 3.8) is 0 Å². The number of amides is 1. The van der Waals surface area contributed by atoms with E-state index in [2.05, 4.69) is 11.9 Å². The zero-order chi connectivity index (χ0) is 14.3. The molecule has 0 bridgehead atoms. The van der Waals surface area contributed by atoms with Crippen LogP contribution < -0.4 is 5.32 Å². The van der Waals surface area contributed by atoms with Crippen molar-refractivity contribution in [1.82, 2.24) is 5.32 Å². The molecule has 1 saturated heterocycles. The molecule has 0 aromatic heterocycles. The highest BCUT2D eigenvalue weighted by atomic mass is 16.6. The highest BCUT2D eigenvalue weighted by Crippen LogP contribution is 2.43. The summed E-state index contributed by atoms with van der Waals surface area (Å²) in [5, 5.41) is 2.73. The van der Waals surface area contributed by atoms with Crippen LogP contribution in [0.3, 0.4) is 0 Å². The summed E-state index contributed by atoms with van der Waals surface area (Å²) >= 11 is 0. The fourth-order valence-electron chi connectivity index (χ4n) is 2.83. The Balaban J connectivity index is 2.16. The Labute approximate surface area is 113 Å². The molecule has 0 aromatic rings. The second kappa shape index (κ2) is 4.54. The van der Waals surface area contributed by atoms with Gasteiger partial charge in [-0.25, -0.2) is 9.59 Å². The van der Waals surface area contributed by atoms with E-state index in [0.29, 0.717) is 13.0 Å². The summed E-state index contributed by atoms with van der Waals surface area (Å²) in [5.41, 5.74) is -0.595.